The Bertz CT molecular complexity index is 179. The Morgan fingerprint density at radius 3 is 2.35 bits per heavy atom. The minimum atomic E-state index is 0.0572. The van der Waals surface area contributed by atoms with Crippen LogP contribution in [-0.2, 0) is 9.47 Å². The molecule has 3 heteroatoms. The molecule has 0 aromatic carbocycles. The zero-order valence-corrected chi connectivity index (χ0v) is 12.8. The average Bonchev–Trinajstić information content (AvgIpc) is 2.39. The minimum absolute atomic E-state index is 0.0572. The summed E-state index contributed by atoms with van der Waals surface area (Å²) in [5.41, 5.74) is 0.0572. The Hall–Kier alpha value is 0.400. The maximum Gasteiger partial charge on any atom is 0.0822 e. The molecule has 102 valence electrons. The topological polar surface area (TPSA) is 18.5 Å². The van der Waals surface area contributed by atoms with E-state index >= 15 is 0 Å². The van der Waals surface area contributed by atoms with Crippen LogP contribution in [-0.4, -0.2) is 30.8 Å². The molecule has 0 aromatic rings. The minimum Gasteiger partial charge on any atom is -0.381 e. The summed E-state index contributed by atoms with van der Waals surface area (Å²) in [4.78, 5) is 0. The molecule has 0 bridgehead atoms. The van der Waals surface area contributed by atoms with E-state index in [1.807, 2.05) is 0 Å². The van der Waals surface area contributed by atoms with E-state index in [-0.39, 0.29) is 5.60 Å². The van der Waals surface area contributed by atoms with E-state index in [0.29, 0.717) is 0 Å². The van der Waals surface area contributed by atoms with Gasteiger partial charge in [-0.25, -0.2) is 0 Å². The molecular formula is C14H27BrO2. The van der Waals surface area contributed by atoms with Crippen LogP contribution in [0.5, 0.6) is 0 Å². The lowest BCUT2D eigenvalue weighted by atomic mass is 9.96. The van der Waals surface area contributed by atoms with Crippen molar-refractivity contribution in [1.29, 1.82) is 0 Å². The van der Waals surface area contributed by atoms with Gasteiger partial charge in [-0.15, -0.1) is 0 Å². The summed E-state index contributed by atoms with van der Waals surface area (Å²) in [6, 6.07) is 0. The van der Waals surface area contributed by atoms with Crippen molar-refractivity contribution in [2.45, 2.75) is 63.9 Å². The van der Waals surface area contributed by atoms with Crippen LogP contribution >= 0.6 is 15.9 Å². The second kappa shape index (κ2) is 9.35. The molecule has 0 aliphatic carbocycles. The second-order valence-corrected chi connectivity index (χ2v) is 5.61. The van der Waals surface area contributed by atoms with Gasteiger partial charge in [-0.2, -0.15) is 0 Å². The van der Waals surface area contributed by atoms with Crippen LogP contribution in [0.25, 0.3) is 0 Å². The normalized spacial score (nSPS) is 19.4. The van der Waals surface area contributed by atoms with E-state index in [1.54, 1.807) is 0 Å². The summed E-state index contributed by atoms with van der Waals surface area (Å²) < 4.78 is 11.5. The highest BCUT2D eigenvalue weighted by Crippen LogP contribution is 2.27. The maximum absolute atomic E-state index is 6.10. The Kier molecular flexibility index (Phi) is 8.50. The first-order chi connectivity index (χ1) is 8.33. The van der Waals surface area contributed by atoms with Crippen molar-refractivity contribution in [1.82, 2.24) is 0 Å². The predicted octanol–water partition coefficient (Wildman–Crippen LogP) is 4.31. The monoisotopic (exact) mass is 306 g/mol. The molecule has 0 amide bonds. The fourth-order valence-electron chi connectivity index (χ4n) is 2.23. The van der Waals surface area contributed by atoms with Gasteiger partial charge in [0, 0.05) is 38.0 Å². The van der Waals surface area contributed by atoms with Gasteiger partial charge in [0.25, 0.3) is 0 Å². The molecule has 1 aliphatic heterocycles. The van der Waals surface area contributed by atoms with Crippen LogP contribution in [0.1, 0.15) is 58.3 Å². The van der Waals surface area contributed by atoms with Gasteiger partial charge < -0.3 is 9.47 Å². The van der Waals surface area contributed by atoms with Gasteiger partial charge in [-0.1, -0.05) is 55.0 Å². The molecule has 0 spiro atoms. The van der Waals surface area contributed by atoms with Gasteiger partial charge in [0.2, 0.25) is 0 Å². The third-order valence-corrected chi connectivity index (χ3v) is 4.58. The number of ether oxygens (including phenoxy) is 2. The summed E-state index contributed by atoms with van der Waals surface area (Å²) in [5, 5.41) is 0.944. The van der Waals surface area contributed by atoms with E-state index in [9.17, 15) is 0 Å². The number of rotatable bonds is 9. The van der Waals surface area contributed by atoms with Crippen LogP contribution < -0.4 is 0 Å². The molecule has 0 aromatic heterocycles. The molecule has 1 saturated heterocycles. The molecule has 1 fully saturated rings. The number of hydrogen-bond donors (Lipinski definition) is 0. The van der Waals surface area contributed by atoms with E-state index < -0.39 is 0 Å². The predicted molar refractivity (Wildman–Crippen MR) is 75.9 cm³/mol. The van der Waals surface area contributed by atoms with Crippen molar-refractivity contribution in [2.75, 3.05) is 25.2 Å². The molecule has 2 nitrogen and oxygen atoms in total. The number of halogens is 1. The van der Waals surface area contributed by atoms with Gasteiger partial charge in [-0.05, 0) is 6.42 Å². The molecule has 0 radical (unpaired) electrons. The quantitative estimate of drug-likeness (QED) is 0.467. The molecular weight excluding hydrogens is 280 g/mol. The van der Waals surface area contributed by atoms with Crippen LogP contribution in [0, 0.1) is 0 Å². The molecule has 0 saturated carbocycles. The lowest BCUT2D eigenvalue weighted by molar-refractivity contribution is -0.0959. The maximum atomic E-state index is 6.10. The Morgan fingerprint density at radius 1 is 1.06 bits per heavy atom. The van der Waals surface area contributed by atoms with E-state index in [4.69, 9.17) is 9.47 Å². The smallest absolute Gasteiger partial charge is 0.0822 e. The van der Waals surface area contributed by atoms with Crippen LogP contribution in [0.3, 0.4) is 0 Å². The van der Waals surface area contributed by atoms with Crippen molar-refractivity contribution in [3.05, 3.63) is 0 Å². The van der Waals surface area contributed by atoms with Crippen molar-refractivity contribution in [2.24, 2.45) is 0 Å². The van der Waals surface area contributed by atoms with Crippen LogP contribution in [0.4, 0.5) is 0 Å². The van der Waals surface area contributed by atoms with Gasteiger partial charge in [-0.3, -0.25) is 0 Å². The van der Waals surface area contributed by atoms with Crippen molar-refractivity contribution < 1.29 is 9.47 Å². The van der Waals surface area contributed by atoms with Gasteiger partial charge >= 0.3 is 0 Å². The van der Waals surface area contributed by atoms with Crippen LogP contribution in [0.2, 0.25) is 0 Å². The fraction of sp³-hybridized carbons (Fsp3) is 1.00. The molecule has 17 heavy (non-hydrogen) atoms. The summed E-state index contributed by atoms with van der Waals surface area (Å²) in [6.45, 7) is 4.87. The van der Waals surface area contributed by atoms with Gasteiger partial charge in [0.15, 0.2) is 0 Å². The Morgan fingerprint density at radius 2 is 1.71 bits per heavy atom. The van der Waals surface area contributed by atoms with E-state index in [2.05, 4.69) is 22.9 Å². The SMILES string of the molecule is CCCCCCCCOC1(CBr)CCOCC1. The lowest BCUT2D eigenvalue weighted by Gasteiger charge is -2.35. The number of unbranched alkanes of at least 4 members (excludes halogenated alkanes) is 5. The zero-order chi connectivity index (χ0) is 12.4. The molecule has 0 atom stereocenters. The Labute approximate surface area is 115 Å². The third-order valence-electron chi connectivity index (χ3n) is 3.55. The first kappa shape index (κ1) is 15.5. The first-order valence-electron chi connectivity index (χ1n) is 7.11. The lowest BCUT2D eigenvalue weighted by Crippen LogP contribution is -2.41. The average molecular weight is 307 g/mol. The summed E-state index contributed by atoms with van der Waals surface area (Å²) in [7, 11) is 0. The van der Waals surface area contributed by atoms with Crippen molar-refractivity contribution in [3.63, 3.8) is 0 Å². The molecule has 1 aliphatic rings. The molecule has 0 unspecified atom stereocenters. The second-order valence-electron chi connectivity index (χ2n) is 5.05. The number of hydrogen-bond acceptors (Lipinski definition) is 2. The summed E-state index contributed by atoms with van der Waals surface area (Å²) in [5.74, 6) is 0. The number of alkyl halides is 1. The standard InChI is InChI=1S/C14H27BrO2/c1-2-3-4-5-6-7-10-17-14(13-15)8-11-16-12-9-14/h2-13H2,1H3. The highest BCUT2D eigenvalue weighted by atomic mass is 79.9. The highest BCUT2D eigenvalue weighted by Gasteiger charge is 2.32. The Balaban J connectivity index is 2.03. The van der Waals surface area contributed by atoms with Gasteiger partial charge in [0.05, 0.1) is 5.60 Å². The van der Waals surface area contributed by atoms with Crippen LogP contribution in [0.15, 0.2) is 0 Å². The van der Waals surface area contributed by atoms with Crippen molar-refractivity contribution in [3.8, 4) is 0 Å². The molecule has 1 rings (SSSR count). The van der Waals surface area contributed by atoms with E-state index in [1.165, 1.54) is 38.5 Å². The summed E-state index contributed by atoms with van der Waals surface area (Å²) in [6.07, 6.45) is 10.0. The van der Waals surface area contributed by atoms with Gasteiger partial charge in [0.1, 0.15) is 0 Å². The molecule has 1 heterocycles. The highest BCUT2D eigenvalue weighted by molar-refractivity contribution is 9.09. The zero-order valence-electron chi connectivity index (χ0n) is 11.2. The van der Waals surface area contributed by atoms with E-state index in [0.717, 1.165) is 38.0 Å². The largest absolute Gasteiger partial charge is 0.381 e. The third kappa shape index (κ3) is 6.21. The fourth-order valence-corrected chi connectivity index (χ4v) is 2.95. The van der Waals surface area contributed by atoms with Crippen molar-refractivity contribution >= 4 is 15.9 Å². The molecule has 0 N–H and O–H groups in total. The summed E-state index contributed by atoms with van der Waals surface area (Å²) >= 11 is 3.59. The first-order valence-corrected chi connectivity index (χ1v) is 8.23.